The highest BCUT2D eigenvalue weighted by Gasteiger charge is 2.42. The summed E-state index contributed by atoms with van der Waals surface area (Å²) in [5, 5.41) is 4.88. The van der Waals surface area contributed by atoms with Crippen molar-refractivity contribution in [2.24, 2.45) is 0 Å². The van der Waals surface area contributed by atoms with Crippen molar-refractivity contribution in [1.82, 2.24) is 19.9 Å². The smallest absolute Gasteiger partial charge is 0.174 e. The fourth-order valence-electron chi connectivity index (χ4n) is 4.68. The van der Waals surface area contributed by atoms with Crippen LogP contribution in [0.5, 0.6) is 0 Å². The van der Waals surface area contributed by atoms with Crippen LogP contribution in [0.3, 0.4) is 0 Å². The Balaban J connectivity index is 1.69. The van der Waals surface area contributed by atoms with Gasteiger partial charge >= 0.3 is 0 Å². The van der Waals surface area contributed by atoms with Gasteiger partial charge in [0.25, 0.3) is 0 Å². The van der Waals surface area contributed by atoms with Gasteiger partial charge in [0.05, 0.1) is 17.8 Å². The van der Waals surface area contributed by atoms with E-state index < -0.39 is 0 Å². The van der Waals surface area contributed by atoms with E-state index in [4.69, 9.17) is 23.8 Å². The maximum atomic E-state index is 6.18. The molecule has 1 aliphatic rings. The number of aryl methyl sites for hydroxylation is 2. The Morgan fingerprint density at radius 2 is 1.70 bits per heavy atom. The predicted molar refractivity (Wildman–Crippen MR) is 137 cm³/mol. The van der Waals surface area contributed by atoms with Crippen LogP contribution in [0.2, 0.25) is 5.02 Å². The number of rotatable bonds is 4. The highest BCUT2D eigenvalue weighted by Crippen LogP contribution is 2.43. The van der Waals surface area contributed by atoms with Gasteiger partial charge in [0.2, 0.25) is 0 Å². The van der Waals surface area contributed by atoms with Crippen LogP contribution in [0.1, 0.15) is 40.3 Å². The molecule has 0 bridgehead atoms. The zero-order valence-corrected chi connectivity index (χ0v) is 20.2. The Morgan fingerprint density at radius 3 is 2.39 bits per heavy atom. The first-order valence-corrected chi connectivity index (χ1v) is 11.6. The first-order chi connectivity index (χ1) is 16.0. The molecule has 0 aliphatic carbocycles. The van der Waals surface area contributed by atoms with Crippen molar-refractivity contribution < 1.29 is 0 Å². The summed E-state index contributed by atoms with van der Waals surface area (Å²) in [4.78, 5) is 11.5. The molecular weight excluding hydrogens is 450 g/mol. The van der Waals surface area contributed by atoms with Gasteiger partial charge in [-0.15, -0.1) is 0 Å². The molecule has 1 aromatic carbocycles. The maximum absolute atomic E-state index is 6.18. The zero-order chi connectivity index (χ0) is 23.1. The number of benzene rings is 1. The van der Waals surface area contributed by atoms with Crippen LogP contribution in [-0.2, 0) is 0 Å². The van der Waals surface area contributed by atoms with Gasteiger partial charge in [-0.05, 0) is 92.6 Å². The number of nitrogens with zero attached hydrogens (tertiary/aromatic N) is 4. The van der Waals surface area contributed by atoms with Crippen molar-refractivity contribution >= 4 is 34.6 Å². The third kappa shape index (κ3) is 3.79. The number of hydrogen-bond donors (Lipinski definition) is 1. The Morgan fingerprint density at radius 1 is 0.939 bits per heavy atom. The van der Waals surface area contributed by atoms with Crippen LogP contribution in [0.15, 0.2) is 73.1 Å². The summed E-state index contributed by atoms with van der Waals surface area (Å²) in [6.07, 6.45) is 3.66. The molecule has 5 nitrogen and oxygen atoms in total. The molecule has 2 atom stereocenters. The predicted octanol–water partition coefficient (Wildman–Crippen LogP) is 6.02. The lowest BCUT2D eigenvalue weighted by molar-refractivity contribution is 0.565. The second kappa shape index (κ2) is 8.61. The van der Waals surface area contributed by atoms with E-state index >= 15 is 0 Å². The summed E-state index contributed by atoms with van der Waals surface area (Å²) < 4.78 is 2.22. The number of nitrogens with one attached hydrogen (secondary N) is 1. The number of aromatic nitrogens is 3. The van der Waals surface area contributed by atoms with Crippen LogP contribution in [0.25, 0.3) is 5.82 Å². The van der Waals surface area contributed by atoms with Gasteiger partial charge in [-0.1, -0.05) is 23.7 Å². The molecule has 0 amide bonds. The second-order valence-corrected chi connectivity index (χ2v) is 9.10. The van der Waals surface area contributed by atoms with Crippen LogP contribution in [0.4, 0.5) is 5.69 Å². The summed E-state index contributed by atoms with van der Waals surface area (Å²) in [7, 11) is 0. The van der Waals surface area contributed by atoms with Gasteiger partial charge in [0.15, 0.2) is 5.11 Å². The first kappa shape index (κ1) is 21.6. The molecular formula is C26H24ClN5S. The van der Waals surface area contributed by atoms with Crippen LogP contribution < -0.4 is 10.2 Å². The molecule has 3 aromatic heterocycles. The molecule has 166 valence electrons. The van der Waals surface area contributed by atoms with Crippen molar-refractivity contribution in [3.63, 3.8) is 0 Å². The lowest BCUT2D eigenvalue weighted by atomic mass is 9.96. The molecule has 7 heteroatoms. The highest BCUT2D eigenvalue weighted by molar-refractivity contribution is 7.80. The zero-order valence-electron chi connectivity index (χ0n) is 18.7. The quantitative estimate of drug-likeness (QED) is 0.367. The molecule has 0 saturated carbocycles. The summed E-state index contributed by atoms with van der Waals surface area (Å²) in [6.45, 7) is 6.35. The normalized spacial score (nSPS) is 17.9. The standard InChI is InChI=1S/C26H24ClN5S/c1-16-7-6-14-29-25(16)31-17(2)15-21(18(31)3)24-23(22-8-4-5-13-28-22)30-26(33)32(24)20-11-9-19(27)10-12-20/h4-15,23-24H,1-3H3,(H,30,33)/t23-,24-/m0/s1. The molecule has 0 unspecified atom stereocenters. The van der Waals surface area contributed by atoms with E-state index in [0.29, 0.717) is 10.1 Å². The summed E-state index contributed by atoms with van der Waals surface area (Å²) >= 11 is 12.0. The summed E-state index contributed by atoms with van der Waals surface area (Å²) in [5.74, 6) is 0.944. The van der Waals surface area contributed by atoms with E-state index in [-0.39, 0.29) is 12.1 Å². The molecule has 4 heterocycles. The van der Waals surface area contributed by atoms with Gasteiger partial charge in [-0.2, -0.15) is 0 Å². The van der Waals surface area contributed by atoms with Crippen molar-refractivity contribution in [3.05, 3.63) is 106 Å². The van der Waals surface area contributed by atoms with Gasteiger partial charge in [0, 0.05) is 34.5 Å². The minimum absolute atomic E-state index is 0.0856. The molecule has 33 heavy (non-hydrogen) atoms. The largest absolute Gasteiger partial charge is 0.351 e. The molecule has 0 radical (unpaired) electrons. The lowest BCUT2D eigenvalue weighted by Gasteiger charge is -2.28. The van der Waals surface area contributed by atoms with Gasteiger partial charge in [-0.3, -0.25) is 4.98 Å². The number of pyridine rings is 2. The Kier molecular flexibility index (Phi) is 5.64. The number of hydrogen-bond acceptors (Lipinski definition) is 3. The molecule has 4 aromatic rings. The molecule has 5 rings (SSSR count). The minimum atomic E-state index is -0.104. The Labute approximate surface area is 204 Å². The third-order valence-corrected chi connectivity index (χ3v) is 6.75. The monoisotopic (exact) mass is 473 g/mol. The van der Waals surface area contributed by atoms with Crippen LogP contribution >= 0.6 is 23.8 Å². The Bertz CT molecular complexity index is 1320. The SMILES string of the molecule is Cc1cccnc1-n1c(C)cc([C@H]2[C@H](c3ccccn3)NC(=S)N2c2ccc(Cl)cc2)c1C. The number of halogens is 1. The van der Waals surface area contributed by atoms with Crippen molar-refractivity contribution in [1.29, 1.82) is 0 Å². The molecule has 1 fully saturated rings. The molecule has 1 N–H and O–H groups in total. The number of thiocarbonyl (C=S) groups is 1. The molecule has 0 spiro atoms. The summed E-state index contributed by atoms with van der Waals surface area (Å²) in [6, 6.07) is 19.9. The van der Waals surface area contributed by atoms with E-state index in [1.54, 1.807) is 0 Å². The van der Waals surface area contributed by atoms with Crippen molar-refractivity contribution in [2.45, 2.75) is 32.9 Å². The van der Waals surface area contributed by atoms with E-state index in [9.17, 15) is 0 Å². The fourth-order valence-corrected chi connectivity index (χ4v) is 5.15. The van der Waals surface area contributed by atoms with E-state index in [1.807, 2.05) is 60.9 Å². The third-order valence-electron chi connectivity index (χ3n) is 6.19. The van der Waals surface area contributed by atoms with Gasteiger partial charge < -0.3 is 14.8 Å². The van der Waals surface area contributed by atoms with Gasteiger partial charge in [0.1, 0.15) is 5.82 Å². The van der Waals surface area contributed by atoms with Crippen LogP contribution in [-0.4, -0.2) is 19.6 Å². The maximum Gasteiger partial charge on any atom is 0.174 e. The van der Waals surface area contributed by atoms with E-state index in [1.165, 1.54) is 5.56 Å². The van der Waals surface area contributed by atoms with Gasteiger partial charge in [-0.25, -0.2) is 4.98 Å². The Hall–Kier alpha value is -3.22. The van der Waals surface area contributed by atoms with Crippen molar-refractivity contribution in [2.75, 3.05) is 4.90 Å². The van der Waals surface area contributed by atoms with E-state index in [0.717, 1.165) is 34.2 Å². The molecule has 1 saturated heterocycles. The lowest BCUT2D eigenvalue weighted by Crippen LogP contribution is -2.29. The first-order valence-electron chi connectivity index (χ1n) is 10.8. The van der Waals surface area contributed by atoms with Crippen LogP contribution in [0, 0.1) is 20.8 Å². The van der Waals surface area contributed by atoms with Crippen molar-refractivity contribution in [3.8, 4) is 5.82 Å². The highest BCUT2D eigenvalue weighted by atomic mass is 35.5. The molecule has 1 aliphatic heterocycles. The average Bonchev–Trinajstić information content (AvgIpc) is 3.31. The minimum Gasteiger partial charge on any atom is -0.351 e. The van der Waals surface area contributed by atoms with E-state index in [2.05, 4.69) is 57.7 Å². The topological polar surface area (TPSA) is 46.0 Å². The fraction of sp³-hybridized carbons (Fsp3) is 0.192. The summed E-state index contributed by atoms with van der Waals surface area (Å²) in [5.41, 5.74) is 6.49. The number of anilines is 1. The average molecular weight is 474 g/mol. The second-order valence-electron chi connectivity index (χ2n) is 8.28.